The van der Waals surface area contributed by atoms with E-state index in [1.807, 2.05) is 6.92 Å². The minimum atomic E-state index is -0.454. The molecule has 20 heavy (non-hydrogen) atoms. The number of ether oxygens (including phenoxy) is 1. The highest BCUT2D eigenvalue weighted by Gasteiger charge is 2.24. The van der Waals surface area contributed by atoms with E-state index in [0.717, 1.165) is 0 Å². The number of aryl methyl sites for hydroxylation is 1. The Bertz CT molecular complexity index is 781. The van der Waals surface area contributed by atoms with Crippen molar-refractivity contribution in [2.45, 2.75) is 13.0 Å². The Morgan fingerprint density at radius 1 is 1.50 bits per heavy atom. The monoisotopic (exact) mass is 275 g/mol. The summed E-state index contributed by atoms with van der Waals surface area (Å²) in [6.07, 6.45) is 0. The number of aromatic nitrogens is 1. The number of nitro benzene ring substituents is 1. The van der Waals surface area contributed by atoms with Gasteiger partial charge in [-0.05, 0) is 13.0 Å². The number of non-ortho nitro benzene ring substituents is 1. The van der Waals surface area contributed by atoms with Crippen molar-refractivity contribution < 1.29 is 9.66 Å². The third-order valence-corrected chi connectivity index (χ3v) is 3.42. The Morgan fingerprint density at radius 3 is 2.95 bits per heavy atom. The van der Waals surface area contributed by atoms with Crippen molar-refractivity contribution in [2.75, 3.05) is 11.9 Å². The summed E-state index contributed by atoms with van der Waals surface area (Å²) in [5.41, 5.74) is 0.897. The average molecular weight is 275 g/mol. The zero-order chi connectivity index (χ0) is 14.4. The minimum absolute atomic E-state index is 0.0154. The van der Waals surface area contributed by atoms with Crippen molar-refractivity contribution in [3.05, 3.63) is 38.7 Å². The molecule has 0 saturated carbocycles. The molecule has 0 radical (unpaired) electrons. The molecule has 1 aromatic heterocycles. The first kappa shape index (κ1) is 12.5. The van der Waals surface area contributed by atoms with E-state index in [2.05, 4.69) is 5.32 Å². The minimum Gasteiger partial charge on any atom is -0.484 e. The first-order valence-corrected chi connectivity index (χ1v) is 6.19. The number of anilines is 1. The van der Waals surface area contributed by atoms with Crippen molar-refractivity contribution in [1.82, 2.24) is 4.57 Å². The molecular formula is C13H13N3O4. The quantitative estimate of drug-likeness (QED) is 0.631. The molecule has 7 heteroatoms. The predicted molar refractivity (Wildman–Crippen MR) is 74.4 cm³/mol. The van der Waals surface area contributed by atoms with Crippen molar-refractivity contribution in [2.24, 2.45) is 7.05 Å². The van der Waals surface area contributed by atoms with E-state index >= 15 is 0 Å². The van der Waals surface area contributed by atoms with Gasteiger partial charge in [-0.2, -0.15) is 0 Å². The van der Waals surface area contributed by atoms with Crippen LogP contribution >= 0.6 is 0 Å². The summed E-state index contributed by atoms with van der Waals surface area (Å²) in [6, 6.07) is 4.47. The van der Waals surface area contributed by atoms with Crippen LogP contribution in [0.25, 0.3) is 10.9 Å². The summed E-state index contributed by atoms with van der Waals surface area (Å²) >= 11 is 0. The highest BCUT2D eigenvalue weighted by Crippen LogP contribution is 2.34. The number of rotatable bonds is 1. The van der Waals surface area contributed by atoms with Gasteiger partial charge in [0.1, 0.15) is 6.61 Å². The largest absolute Gasteiger partial charge is 0.484 e. The maximum atomic E-state index is 12.2. The van der Waals surface area contributed by atoms with Gasteiger partial charge in [-0.15, -0.1) is 0 Å². The van der Waals surface area contributed by atoms with Crippen LogP contribution < -0.4 is 15.6 Å². The molecule has 1 N–H and O–H groups in total. The van der Waals surface area contributed by atoms with Crippen LogP contribution in [0.15, 0.2) is 23.0 Å². The van der Waals surface area contributed by atoms with E-state index in [1.54, 1.807) is 13.1 Å². The van der Waals surface area contributed by atoms with Gasteiger partial charge in [-0.3, -0.25) is 14.9 Å². The van der Waals surface area contributed by atoms with Crippen molar-refractivity contribution in [3.63, 3.8) is 0 Å². The molecule has 0 bridgehead atoms. The summed E-state index contributed by atoms with van der Waals surface area (Å²) in [7, 11) is 1.62. The maximum absolute atomic E-state index is 12.2. The Labute approximate surface area is 113 Å². The van der Waals surface area contributed by atoms with Gasteiger partial charge in [0.2, 0.25) is 5.75 Å². The molecule has 1 atom stereocenters. The van der Waals surface area contributed by atoms with E-state index in [9.17, 15) is 14.9 Å². The van der Waals surface area contributed by atoms with Crippen molar-refractivity contribution >= 4 is 22.3 Å². The number of nitrogens with zero attached hydrogens (tertiary/aromatic N) is 2. The van der Waals surface area contributed by atoms with Crippen molar-refractivity contribution in [1.29, 1.82) is 0 Å². The van der Waals surface area contributed by atoms with Crippen LogP contribution in [0.4, 0.5) is 11.4 Å². The van der Waals surface area contributed by atoms with Gasteiger partial charge in [0.15, 0.2) is 0 Å². The molecule has 104 valence electrons. The lowest BCUT2D eigenvalue weighted by atomic mass is 10.1. The summed E-state index contributed by atoms with van der Waals surface area (Å²) in [5, 5.41) is 14.7. The Morgan fingerprint density at radius 2 is 2.25 bits per heavy atom. The zero-order valence-electron chi connectivity index (χ0n) is 11.0. The van der Waals surface area contributed by atoms with E-state index in [1.165, 1.54) is 16.7 Å². The molecule has 1 unspecified atom stereocenters. The number of benzene rings is 1. The van der Waals surface area contributed by atoms with E-state index in [0.29, 0.717) is 23.2 Å². The van der Waals surface area contributed by atoms with Crippen LogP contribution in [-0.2, 0) is 7.05 Å². The smallest absolute Gasteiger partial charge is 0.295 e. The fourth-order valence-corrected chi connectivity index (χ4v) is 2.39. The molecule has 0 aliphatic carbocycles. The lowest BCUT2D eigenvalue weighted by Crippen LogP contribution is -2.33. The molecule has 2 heterocycles. The molecule has 2 aromatic rings. The standard InChI is InChI=1S/C13H13N3O4/c1-7-6-20-12-11(14-7)9-5-8(16(18)19)3-4-10(9)15(2)13(12)17/h3-5,7,14H,6H2,1-2H3. The molecule has 1 aliphatic rings. The van der Waals surface area contributed by atoms with Crippen LogP contribution in [0.3, 0.4) is 0 Å². The van der Waals surface area contributed by atoms with Gasteiger partial charge < -0.3 is 14.6 Å². The second-order valence-electron chi connectivity index (χ2n) is 4.88. The van der Waals surface area contributed by atoms with Gasteiger partial charge >= 0.3 is 0 Å². The third-order valence-electron chi connectivity index (χ3n) is 3.42. The molecule has 3 rings (SSSR count). The molecule has 1 aliphatic heterocycles. The fraction of sp³-hybridized carbons (Fsp3) is 0.308. The molecule has 0 saturated heterocycles. The van der Waals surface area contributed by atoms with E-state index < -0.39 is 4.92 Å². The molecule has 0 spiro atoms. The number of nitro groups is 1. The number of hydrogen-bond donors (Lipinski definition) is 1. The fourth-order valence-electron chi connectivity index (χ4n) is 2.39. The highest BCUT2D eigenvalue weighted by atomic mass is 16.6. The second kappa shape index (κ2) is 4.22. The number of pyridine rings is 1. The topological polar surface area (TPSA) is 86.4 Å². The normalized spacial score (nSPS) is 17.2. The van der Waals surface area contributed by atoms with Crippen LogP contribution in [0, 0.1) is 10.1 Å². The Hall–Kier alpha value is -2.57. The lowest BCUT2D eigenvalue weighted by molar-refractivity contribution is -0.384. The van der Waals surface area contributed by atoms with Gasteiger partial charge in [-0.25, -0.2) is 0 Å². The predicted octanol–water partition coefficient (Wildman–Crippen LogP) is 1.64. The summed E-state index contributed by atoms with van der Waals surface area (Å²) in [5.74, 6) is 0.221. The molecular weight excluding hydrogens is 262 g/mol. The van der Waals surface area contributed by atoms with E-state index in [4.69, 9.17) is 4.74 Å². The van der Waals surface area contributed by atoms with Crippen LogP contribution in [0.5, 0.6) is 5.75 Å². The van der Waals surface area contributed by atoms with Crippen LogP contribution in [0.2, 0.25) is 0 Å². The first-order valence-electron chi connectivity index (χ1n) is 6.19. The molecule has 0 amide bonds. The van der Waals surface area contributed by atoms with Crippen molar-refractivity contribution in [3.8, 4) is 5.75 Å². The van der Waals surface area contributed by atoms with Gasteiger partial charge in [0.25, 0.3) is 11.2 Å². The Kier molecular flexibility index (Phi) is 2.63. The molecule has 0 fully saturated rings. The lowest BCUT2D eigenvalue weighted by Gasteiger charge is -2.26. The number of fused-ring (bicyclic) bond motifs is 3. The SMILES string of the molecule is CC1COc2c(c3cc([N+](=O)[O-])ccc3n(C)c2=O)N1. The first-order chi connectivity index (χ1) is 9.49. The Balaban J connectivity index is 2.40. The summed E-state index contributed by atoms with van der Waals surface area (Å²) in [6.45, 7) is 2.31. The summed E-state index contributed by atoms with van der Waals surface area (Å²) in [4.78, 5) is 22.7. The van der Waals surface area contributed by atoms with Gasteiger partial charge in [0, 0.05) is 24.6 Å². The third kappa shape index (κ3) is 1.70. The van der Waals surface area contributed by atoms with Crippen LogP contribution in [0.1, 0.15) is 6.92 Å². The van der Waals surface area contributed by atoms with Gasteiger partial charge in [0.05, 0.1) is 22.2 Å². The summed E-state index contributed by atoms with van der Waals surface area (Å²) < 4.78 is 6.93. The highest BCUT2D eigenvalue weighted by molar-refractivity contribution is 5.96. The average Bonchev–Trinajstić information content (AvgIpc) is 2.44. The van der Waals surface area contributed by atoms with Gasteiger partial charge in [-0.1, -0.05) is 0 Å². The molecule has 1 aromatic carbocycles. The number of nitrogens with one attached hydrogen (secondary N) is 1. The molecule has 7 nitrogen and oxygen atoms in total. The van der Waals surface area contributed by atoms with Crippen LogP contribution in [-0.4, -0.2) is 22.1 Å². The zero-order valence-corrected chi connectivity index (χ0v) is 11.0. The second-order valence-corrected chi connectivity index (χ2v) is 4.88. The van der Waals surface area contributed by atoms with E-state index in [-0.39, 0.29) is 23.0 Å². The maximum Gasteiger partial charge on any atom is 0.295 e. The number of hydrogen-bond acceptors (Lipinski definition) is 5.